The number of alkyl halides is 3. The molecule has 0 aromatic carbocycles. The SMILES string of the molecule is CC1CN(c2ccc(S(F)(F)(F)(F)F)cn2)CCN1C(=O)C1CC(OC[C@H](C)Nc2cn[nH]c(=O)c2C(F)(F)F)C1. The highest BCUT2D eigenvalue weighted by Crippen LogP contribution is 3.02. The maximum absolute atomic E-state index is 13.2. The molecular formula is C23H28F8N6O3S. The largest absolute Gasteiger partial charge is 0.423 e. The molecule has 1 amide bonds. The summed E-state index contributed by atoms with van der Waals surface area (Å²) in [5.74, 6) is -0.370. The topological polar surface area (TPSA) is 103 Å². The van der Waals surface area contributed by atoms with E-state index in [9.17, 15) is 42.2 Å². The minimum Gasteiger partial charge on any atom is -0.378 e. The van der Waals surface area contributed by atoms with E-state index in [1.54, 1.807) is 28.7 Å². The van der Waals surface area contributed by atoms with Gasteiger partial charge >= 0.3 is 16.4 Å². The van der Waals surface area contributed by atoms with Gasteiger partial charge in [0.15, 0.2) is 0 Å². The first-order valence-corrected chi connectivity index (χ1v) is 14.5. The molecular weight excluding hydrogens is 592 g/mol. The van der Waals surface area contributed by atoms with Crippen LogP contribution in [0.3, 0.4) is 0 Å². The van der Waals surface area contributed by atoms with Gasteiger partial charge < -0.3 is 19.9 Å². The number of anilines is 2. The summed E-state index contributed by atoms with van der Waals surface area (Å²) in [6, 6.07) is 0.261. The van der Waals surface area contributed by atoms with Crippen molar-refractivity contribution in [1.82, 2.24) is 20.1 Å². The van der Waals surface area contributed by atoms with Crippen molar-refractivity contribution in [1.29, 1.82) is 0 Å². The van der Waals surface area contributed by atoms with Gasteiger partial charge in [-0.3, -0.25) is 9.59 Å². The van der Waals surface area contributed by atoms with Crippen molar-refractivity contribution in [3.8, 4) is 0 Å². The maximum Gasteiger partial charge on any atom is 0.423 e. The van der Waals surface area contributed by atoms with Gasteiger partial charge in [0.25, 0.3) is 5.56 Å². The molecule has 0 bridgehead atoms. The molecule has 3 heterocycles. The molecule has 2 aromatic heterocycles. The van der Waals surface area contributed by atoms with Crippen LogP contribution in [0.1, 0.15) is 32.3 Å². The van der Waals surface area contributed by atoms with E-state index in [2.05, 4.69) is 15.4 Å². The number of amides is 1. The van der Waals surface area contributed by atoms with E-state index in [4.69, 9.17) is 4.74 Å². The fourth-order valence-electron chi connectivity index (χ4n) is 4.80. The first-order chi connectivity index (χ1) is 18.7. The Kier molecular flexibility index (Phi) is 7.51. The lowest BCUT2D eigenvalue weighted by Gasteiger charge is -2.44. The standard InChI is InChI=1S/C23H28F8N6O3S/c1-13(34-18-10-33-35-21(38)20(18)23(24,25)26)12-40-16-7-15(8-16)22(39)37-6-5-36(11-14(37)2)19-4-3-17(9-32-19)41(27,28,29,30)31/h3-4,9-10,13-16H,5-8,11-12H2,1-2H3,(H2,34,35,38)/t13-,14?,15?,16?/m0/s1. The molecule has 2 aliphatic rings. The Morgan fingerprint density at radius 3 is 2.41 bits per heavy atom. The van der Waals surface area contributed by atoms with Crippen LogP contribution in [0.4, 0.5) is 44.1 Å². The monoisotopic (exact) mass is 620 g/mol. The number of hydrogen-bond acceptors (Lipinski definition) is 7. The fraction of sp³-hybridized carbons (Fsp3) is 0.565. The first-order valence-electron chi connectivity index (χ1n) is 12.5. The van der Waals surface area contributed by atoms with Crippen molar-refractivity contribution in [2.75, 3.05) is 36.5 Å². The van der Waals surface area contributed by atoms with Gasteiger partial charge in [0.2, 0.25) is 5.91 Å². The van der Waals surface area contributed by atoms with Gasteiger partial charge in [0, 0.05) is 37.6 Å². The quantitative estimate of drug-likeness (QED) is 0.393. The number of rotatable bonds is 8. The zero-order valence-electron chi connectivity index (χ0n) is 21.8. The van der Waals surface area contributed by atoms with Gasteiger partial charge in [-0.05, 0) is 38.8 Å². The van der Waals surface area contributed by atoms with Gasteiger partial charge in [0.05, 0.1) is 30.8 Å². The van der Waals surface area contributed by atoms with Gasteiger partial charge in [-0.15, -0.1) is 0 Å². The number of nitrogens with zero attached hydrogens (tertiary/aromatic N) is 4. The molecule has 230 valence electrons. The van der Waals surface area contributed by atoms with Gasteiger partial charge in [-0.1, -0.05) is 19.4 Å². The van der Waals surface area contributed by atoms with E-state index in [1.165, 1.54) is 0 Å². The number of aromatic nitrogens is 3. The number of ether oxygens (including phenoxy) is 1. The van der Waals surface area contributed by atoms with Crippen molar-refractivity contribution in [3.63, 3.8) is 0 Å². The summed E-state index contributed by atoms with van der Waals surface area (Å²) < 4.78 is 110. The molecule has 1 saturated heterocycles. The predicted molar refractivity (Wildman–Crippen MR) is 134 cm³/mol. The highest BCUT2D eigenvalue weighted by atomic mass is 32.5. The van der Waals surface area contributed by atoms with Crippen LogP contribution in [0.25, 0.3) is 0 Å². The predicted octanol–water partition coefficient (Wildman–Crippen LogP) is 5.17. The maximum atomic E-state index is 13.2. The second-order valence-corrected chi connectivity index (χ2v) is 12.7. The molecule has 1 saturated carbocycles. The normalized spacial score (nSPS) is 24.2. The number of carbonyl (C=O) groups is 1. The van der Waals surface area contributed by atoms with Crippen LogP contribution in [0.5, 0.6) is 0 Å². The van der Waals surface area contributed by atoms with Crippen LogP contribution < -0.4 is 15.8 Å². The zero-order chi connectivity index (χ0) is 30.4. The van der Waals surface area contributed by atoms with Crippen LogP contribution in [0.15, 0.2) is 34.2 Å². The van der Waals surface area contributed by atoms with Crippen LogP contribution >= 0.6 is 10.2 Å². The molecule has 2 aromatic rings. The molecule has 41 heavy (non-hydrogen) atoms. The lowest BCUT2D eigenvalue weighted by atomic mass is 9.80. The van der Waals surface area contributed by atoms with Crippen molar-refractivity contribution >= 4 is 27.6 Å². The van der Waals surface area contributed by atoms with Crippen molar-refractivity contribution in [2.24, 2.45) is 5.92 Å². The second kappa shape index (κ2) is 9.99. The second-order valence-electron chi connectivity index (χ2n) is 10.3. The Morgan fingerprint density at radius 2 is 1.85 bits per heavy atom. The number of carbonyl (C=O) groups excluding carboxylic acids is 1. The highest BCUT2D eigenvalue weighted by Gasteiger charge is 2.65. The van der Waals surface area contributed by atoms with Gasteiger partial charge in [-0.25, -0.2) is 10.1 Å². The Morgan fingerprint density at radius 1 is 1.17 bits per heavy atom. The number of hydrogen-bond donors (Lipinski definition) is 2. The van der Waals surface area contributed by atoms with E-state index < -0.39 is 44.1 Å². The molecule has 0 spiro atoms. The average Bonchev–Trinajstić information content (AvgIpc) is 2.80. The van der Waals surface area contributed by atoms with Crippen molar-refractivity contribution in [2.45, 2.75) is 55.9 Å². The molecule has 4 rings (SSSR count). The number of nitrogens with one attached hydrogen (secondary N) is 2. The molecule has 1 unspecified atom stereocenters. The number of H-pyrrole nitrogens is 1. The van der Waals surface area contributed by atoms with Crippen molar-refractivity contribution < 1.29 is 42.1 Å². The third-order valence-electron chi connectivity index (χ3n) is 6.97. The Hall–Kier alpha value is -3.15. The molecule has 0 radical (unpaired) electrons. The lowest BCUT2D eigenvalue weighted by Crippen LogP contribution is -2.57. The molecule has 2 N–H and O–H groups in total. The molecule has 2 atom stereocenters. The highest BCUT2D eigenvalue weighted by molar-refractivity contribution is 8.45. The lowest BCUT2D eigenvalue weighted by molar-refractivity contribution is -0.147. The minimum absolute atomic E-state index is 0.0125. The molecule has 9 nitrogen and oxygen atoms in total. The summed E-state index contributed by atoms with van der Waals surface area (Å²) in [6.45, 7) is 4.07. The van der Waals surface area contributed by atoms with E-state index in [0.29, 0.717) is 18.9 Å². The van der Waals surface area contributed by atoms with E-state index in [1.807, 2.05) is 0 Å². The molecule has 1 aliphatic heterocycles. The van der Waals surface area contributed by atoms with Crippen LogP contribution in [0, 0.1) is 5.92 Å². The molecule has 1 aliphatic carbocycles. The Bertz CT molecular complexity index is 1330. The Balaban J connectivity index is 1.24. The zero-order valence-corrected chi connectivity index (χ0v) is 22.6. The number of pyridine rings is 1. The number of aromatic amines is 1. The summed E-state index contributed by atoms with van der Waals surface area (Å²) in [5, 5.41) is 7.73. The molecule has 18 heteroatoms. The average molecular weight is 621 g/mol. The van der Waals surface area contributed by atoms with E-state index in [0.717, 1.165) is 12.3 Å². The number of halogens is 8. The molecule has 2 fully saturated rings. The Labute approximate surface area is 229 Å². The van der Waals surface area contributed by atoms with Gasteiger partial charge in [0.1, 0.15) is 16.3 Å². The van der Waals surface area contributed by atoms with Crippen LogP contribution in [0.2, 0.25) is 0 Å². The van der Waals surface area contributed by atoms with Gasteiger partial charge in [-0.2, -0.15) is 18.3 Å². The number of piperazine rings is 1. The summed E-state index contributed by atoms with van der Waals surface area (Å²) in [6.07, 6.45) is -3.38. The van der Waals surface area contributed by atoms with Crippen molar-refractivity contribution in [3.05, 3.63) is 40.4 Å². The van der Waals surface area contributed by atoms with E-state index in [-0.39, 0.29) is 62.2 Å². The third-order valence-corrected chi connectivity index (χ3v) is 8.10. The summed E-state index contributed by atoms with van der Waals surface area (Å²) in [7, 11) is -9.82. The smallest absolute Gasteiger partial charge is 0.378 e. The summed E-state index contributed by atoms with van der Waals surface area (Å²) in [4.78, 5) is 29.4. The fourth-order valence-corrected chi connectivity index (χ4v) is 5.37. The van der Waals surface area contributed by atoms with Crippen LogP contribution in [-0.4, -0.2) is 70.4 Å². The first kappa shape index (κ1) is 30.8. The summed E-state index contributed by atoms with van der Waals surface area (Å²) in [5.41, 5.74) is -3.23. The van der Waals surface area contributed by atoms with Crippen LogP contribution in [-0.2, 0) is 15.7 Å². The minimum atomic E-state index is -9.82. The third kappa shape index (κ3) is 7.20. The van der Waals surface area contributed by atoms with E-state index >= 15 is 0 Å². The summed E-state index contributed by atoms with van der Waals surface area (Å²) >= 11 is 0.